The number of rotatable bonds is 4. The van der Waals surface area contributed by atoms with Crippen LogP contribution >= 0.6 is 24.0 Å². The van der Waals surface area contributed by atoms with Crippen LogP contribution in [-0.2, 0) is 27.0 Å². The van der Waals surface area contributed by atoms with E-state index in [9.17, 15) is 9.59 Å². The molecule has 1 N–H and O–H groups in total. The first-order chi connectivity index (χ1) is 16.8. The van der Waals surface area contributed by atoms with Crippen molar-refractivity contribution in [2.45, 2.75) is 58.9 Å². The van der Waals surface area contributed by atoms with Gasteiger partial charge in [0.2, 0.25) is 0 Å². The Bertz CT molecular complexity index is 1250. The molecule has 2 amide bonds. The summed E-state index contributed by atoms with van der Waals surface area (Å²) in [5.41, 5.74) is 4.76. The molecule has 0 unspecified atom stereocenters. The van der Waals surface area contributed by atoms with E-state index >= 15 is 0 Å². The Balaban J connectivity index is 1.80. The highest BCUT2D eigenvalue weighted by Gasteiger charge is 2.31. The average molecular weight is 525 g/mol. The molecule has 8 heteroatoms. The summed E-state index contributed by atoms with van der Waals surface area (Å²) in [6.45, 7) is 13.5. The number of thiocarbonyl (C=S) groups is 1. The number of carbonyl (C=O) groups is 2. The maximum Gasteiger partial charge on any atom is 0.265 e. The quantitative estimate of drug-likeness (QED) is 0.409. The van der Waals surface area contributed by atoms with Crippen molar-refractivity contribution < 1.29 is 19.1 Å². The molecule has 0 bridgehead atoms. The van der Waals surface area contributed by atoms with E-state index in [2.05, 4.69) is 65.1 Å². The summed E-state index contributed by atoms with van der Waals surface area (Å²) in [5.74, 6) is 0.643. The summed E-state index contributed by atoms with van der Waals surface area (Å²) in [6, 6.07) is 10.3. The number of hydrogen-bond donors (Lipinski definition) is 1. The zero-order valence-electron chi connectivity index (χ0n) is 21.8. The second-order valence-corrected chi connectivity index (χ2v) is 12.8. The van der Waals surface area contributed by atoms with E-state index in [1.807, 2.05) is 6.07 Å². The van der Waals surface area contributed by atoms with Gasteiger partial charge in [-0.2, -0.15) is 0 Å². The van der Waals surface area contributed by atoms with E-state index in [0.29, 0.717) is 33.0 Å². The molecular weight excluding hydrogens is 492 g/mol. The molecule has 0 spiro atoms. The number of anilines is 1. The molecule has 2 aliphatic rings. The number of nitrogens with zero attached hydrogens (tertiary/aromatic N) is 1. The number of ether oxygens (including phenoxy) is 2. The normalized spacial score (nSPS) is 17.2. The number of hydrogen-bond acceptors (Lipinski definition) is 6. The van der Waals surface area contributed by atoms with Gasteiger partial charge in [-0.1, -0.05) is 83.7 Å². The van der Waals surface area contributed by atoms with E-state index in [4.69, 9.17) is 21.7 Å². The van der Waals surface area contributed by atoms with Crippen molar-refractivity contribution in [2.75, 3.05) is 18.6 Å². The predicted octanol–water partition coefficient (Wildman–Crippen LogP) is 5.70. The van der Waals surface area contributed by atoms with E-state index in [0.717, 1.165) is 11.1 Å². The van der Waals surface area contributed by atoms with Crippen LogP contribution in [-0.4, -0.2) is 29.9 Å². The Kier molecular flexibility index (Phi) is 6.96. The standard InChI is InChI=1S/C28H32N2O4S2/c1-27(2,3)18-8-17(9-19(13-18)28(4,5)6)14-30-20-10-16(12-22-25(32)29-26(35)36-22)11-21(33-7)24(20)34-15-23(30)31/h8-13H,14-15H2,1-7H3,(H,29,32,35). The lowest BCUT2D eigenvalue weighted by Gasteiger charge is -2.32. The van der Waals surface area contributed by atoms with E-state index in [1.54, 1.807) is 24.2 Å². The molecule has 2 aromatic carbocycles. The third-order valence-electron chi connectivity index (χ3n) is 6.21. The SMILES string of the molecule is COc1cc(C=C2SC(=S)NC2=O)cc2c1OCC(=O)N2Cc1cc(C(C)(C)C)cc(C(C)(C)C)c1. The average Bonchev–Trinajstić information content (AvgIpc) is 3.10. The summed E-state index contributed by atoms with van der Waals surface area (Å²) < 4.78 is 11.8. The van der Waals surface area contributed by atoms with Gasteiger partial charge in [-0.25, -0.2) is 0 Å². The van der Waals surface area contributed by atoms with E-state index in [-0.39, 0.29) is 29.3 Å². The lowest BCUT2D eigenvalue weighted by Crippen LogP contribution is -2.38. The third-order valence-corrected chi connectivity index (χ3v) is 7.38. The van der Waals surface area contributed by atoms with Crippen LogP contribution in [0.4, 0.5) is 5.69 Å². The zero-order valence-corrected chi connectivity index (χ0v) is 23.4. The van der Waals surface area contributed by atoms with Crippen molar-refractivity contribution >= 4 is 51.9 Å². The van der Waals surface area contributed by atoms with Gasteiger partial charge in [0, 0.05) is 0 Å². The molecule has 190 valence electrons. The Hall–Kier alpha value is -2.84. The minimum absolute atomic E-state index is 0.0361. The van der Waals surface area contributed by atoms with Crippen molar-refractivity contribution in [2.24, 2.45) is 0 Å². The monoisotopic (exact) mass is 524 g/mol. The van der Waals surface area contributed by atoms with Crippen LogP contribution in [0.2, 0.25) is 0 Å². The highest BCUT2D eigenvalue weighted by molar-refractivity contribution is 8.26. The van der Waals surface area contributed by atoms with Crippen LogP contribution in [0, 0.1) is 0 Å². The van der Waals surface area contributed by atoms with Crippen molar-refractivity contribution in [3.63, 3.8) is 0 Å². The van der Waals surface area contributed by atoms with Crippen molar-refractivity contribution in [3.05, 3.63) is 57.5 Å². The Morgan fingerprint density at radius 3 is 2.22 bits per heavy atom. The molecule has 1 fully saturated rings. The molecular formula is C28H32N2O4S2. The van der Waals surface area contributed by atoms with Gasteiger partial charge in [-0.15, -0.1) is 0 Å². The highest BCUT2D eigenvalue weighted by atomic mass is 32.2. The molecule has 0 aliphatic carbocycles. The molecule has 0 saturated carbocycles. The lowest BCUT2D eigenvalue weighted by atomic mass is 9.79. The number of thioether (sulfide) groups is 1. The molecule has 1 saturated heterocycles. The lowest BCUT2D eigenvalue weighted by molar-refractivity contribution is -0.121. The van der Waals surface area contributed by atoms with Crippen LogP contribution in [0.25, 0.3) is 6.08 Å². The van der Waals surface area contributed by atoms with Gasteiger partial charge < -0.3 is 19.7 Å². The van der Waals surface area contributed by atoms with E-state index < -0.39 is 0 Å². The van der Waals surface area contributed by atoms with Crippen LogP contribution in [0.5, 0.6) is 11.5 Å². The summed E-state index contributed by atoms with van der Waals surface area (Å²) in [4.78, 5) is 27.6. The maximum absolute atomic E-state index is 13.1. The molecule has 0 radical (unpaired) electrons. The highest BCUT2D eigenvalue weighted by Crippen LogP contribution is 2.43. The molecule has 36 heavy (non-hydrogen) atoms. The smallest absolute Gasteiger partial charge is 0.265 e. The van der Waals surface area contributed by atoms with Crippen LogP contribution in [0.3, 0.4) is 0 Å². The van der Waals surface area contributed by atoms with Gasteiger partial charge in [0.25, 0.3) is 11.8 Å². The molecule has 0 aromatic heterocycles. The molecule has 2 heterocycles. The van der Waals surface area contributed by atoms with Crippen LogP contribution in [0.15, 0.2) is 35.2 Å². The fourth-order valence-corrected chi connectivity index (χ4v) is 5.16. The summed E-state index contributed by atoms with van der Waals surface area (Å²) >= 11 is 6.32. The van der Waals surface area contributed by atoms with Gasteiger partial charge in [0.1, 0.15) is 4.32 Å². The van der Waals surface area contributed by atoms with Gasteiger partial charge in [0.05, 0.1) is 24.2 Å². The summed E-state index contributed by atoms with van der Waals surface area (Å²) in [7, 11) is 1.56. The Morgan fingerprint density at radius 2 is 1.69 bits per heavy atom. The molecule has 2 aromatic rings. The first kappa shape index (κ1) is 26.2. The van der Waals surface area contributed by atoms with Gasteiger partial charge in [-0.3, -0.25) is 9.59 Å². The Labute approximate surface area is 222 Å². The fraction of sp³-hybridized carbons (Fsp3) is 0.393. The van der Waals surface area contributed by atoms with Crippen molar-refractivity contribution in [1.82, 2.24) is 5.32 Å². The van der Waals surface area contributed by atoms with Gasteiger partial charge >= 0.3 is 0 Å². The minimum Gasteiger partial charge on any atom is -0.493 e. The second-order valence-electron chi connectivity index (χ2n) is 11.1. The first-order valence-corrected chi connectivity index (χ1v) is 13.0. The molecule has 4 rings (SSSR count). The number of amides is 2. The number of methoxy groups -OCH3 is 1. The second kappa shape index (κ2) is 9.56. The van der Waals surface area contributed by atoms with Crippen molar-refractivity contribution in [3.8, 4) is 11.5 Å². The summed E-state index contributed by atoms with van der Waals surface area (Å²) in [6.07, 6.45) is 1.75. The van der Waals surface area contributed by atoms with Crippen molar-refractivity contribution in [1.29, 1.82) is 0 Å². The largest absolute Gasteiger partial charge is 0.493 e. The first-order valence-electron chi connectivity index (χ1n) is 11.8. The minimum atomic E-state index is -0.237. The zero-order chi connectivity index (χ0) is 26.4. The van der Waals surface area contributed by atoms with E-state index in [1.165, 1.54) is 22.9 Å². The van der Waals surface area contributed by atoms with Gasteiger partial charge in [0.15, 0.2) is 18.1 Å². The molecule has 2 aliphatic heterocycles. The van der Waals surface area contributed by atoms with Crippen LogP contribution in [0.1, 0.15) is 63.8 Å². The van der Waals surface area contributed by atoms with Crippen LogP contribution < -0.4 is 19.7 Å². The topological polar surface area (TPSA) is 67.9 Å². The summed E-state index contributed by atoms with van der Waals surface area (Å²) in [5, 5.41) is 2.63. The third kappa shape index (κ3) is 5.44. The number of carbonyl (C=O) groups excluding carboxylic acids is 2. The predicted molar refractivity (Wildman–Crippen MR) is 150 cm³/mol. The maximum atomic E-state index is 13.1. The number of benzene rings is 2. The molecule has 0 atom stereocenters. The number of fused-ring (bicyclic) bond motifs is 1. The number of nitrogens with one attached hydrogen (secondary N) is 1. The van der Waals surface area contributed by atoms with Gasteiger partial charge in [-0.05, 0) is 51.3 Å². The Morgan fingerprint density at radius 1 is 1.06 bits per heavy atom. The molecule has 6 nitrogen and oxygen atoms in total. The fourth-order valence-electron chi connectivity index (χ4n) is 4.11.